The van der Waals surface area contributed by atoms with Gasteiger partial charge < -0.3 is 0 Å². The minimum Gasteiger partial charge on any atom is -0.266 e. The van der Waals surface area contributed by atoms with Gasteiger partial charge in [0.25, 0.3) is 5.91 Å². The van der Waals surface area contributed by atoms with Gasteiger partial charge in [-0.05, 0) is 43.4 Å². The highest BCUT2D eigenvalue weighted by Gasteiger charge is 2.24. The van der Waals surface area contributed by atoms with Crippen LogP contribution in [0.3, 0.4) is 0 Å². The van der Waals surface area contributed by atoms with Gasteiger partial charge in [-0.2, -0.15) is 5.10 Å². The van der Waals surface area contributed by atoms with Gasteiger partial charge in [0.1, 0.15) is 5.69 Å². The Hall–Kier alpha value is -1.97. The van der Waals surface area contributed by atoms with Gasteiger partial charge in [-0.3, -0.25) is 9.78 Å². The monoisotopic (exact) mass is 257 g/mol. The summed E-state index contributed by atoms with van der Waals surface area (Å²) in [5.74, 6) is -0.275. The summed E-state index contributed by atoms with van der Waals surface area (Å²) in [7, 11) is 0. The molecule has 0 bridgehead atoms. The lowest BCUT2D eigenvalue weighted by Gasteiger charge is -2.29. The fraction of sp³-hybridized carbons (Fsp3) is 0.400. The van der Waals surface area contributed by atoms with Gasteiger partial charge in [0, 0.05) is 6.20 Å². The molecule has 1 aliphatic rings. The number of hydrazone groups is 1. The normalized spacial score (nSPS) is 19.9. The van der Waals surface area contributed by atoms with E-state index >= 15 is 0 Å². The summed E-state index contributed by atoms with van der Waals surface area (Å²) in [4.78, 5) is 15.8. The van der Waals surface area contributed by atoms with Gasteiger partial charge in [-0.15, -0.1) is 0 Å². The fourth-order valence-corrected chi connectivity index (χ4v) is 2.44. The van der Waals surface area contributed by atoms with Crippen molar-refractivity contribution in [1.29, 1.82) is 0 Å². The van der Waals surface area contributed by atoms with Crippen LogP contribution in [0, 0.1) is 5.41 Å². The average Bonchev–Trinajstić information content (AvgIpc) is 2.34. The Balaban J connectivity index is 2.07. The molecule has 0 saturated carbocycles. The van der Waals surface area contributed by atoms with E-state index in [0.29, 0.717) is 5.69 Å². The van der Waals surface area contributed by atoms with Gasteiger partial charge >= 0.3 is 0 Å². The van der Waals surface area contributed by atoms with E-state index in [-0.39, 0.29) is 11.3 Å². The van der Waals surface area contributed by atoms with Crippen LogP contribution >= 0.6 is 0 Å². The molecule has 1 heterocycles. The van der Waals surface area contributed by atoms with Crippen LogP contribution in [0.15, 0.2) is 41.1 Å². The largest absolute Gasteiger partial charge is 0.289 e. The number of allylic oxidation sites excluding steroid dienone is 2. The van der Waals surface area contributed by atoms with Gasteiger partial charge in [0.15, 0.2) is 0 Å². The second-order valence-electron chi connectivity index (χ2n) is 5.77. The maximum Gasteiger partial charge on any atom is 0.289 e. The Labute approximate surface area is 113 Å². The van der Waals surface area contributed by atoms with Crippen LogP contribution in [-0.2, 0) is 0 Å². The van der Waals surface area contributed by atoms with Crippen LogP contribution < -0.4 is 5.43 Å². The molecule has 0 atom stereocenters. The van der Waals surface area contributed by atoms with Crippen molar-refractivity contribution in [3.63, 3.8) is 0 Å². The number of hydrogen-bond acceptors (Lipinski definition) is 3. The number of nitrogens with one attached hydrogen (secondary N) is 1. The summed E-state index contributed by atoms with van der Waals surface area (Å²) in [5.41, 5.74) is 5.36. The lowest BCUT2D eigenvalue weighted by atomic mass is 9.77. The highest BCUT2D eigenvalue weighted by molar-refractivity contribution is 5.99. The SMILES string of the molecule is CC1=C/C(=N/NC(=O)c2ccccn2)CC(C)(C)C1. The predicted molar refractivity (Wildman–Crippen MR) is 75.9 cm³/mol. The molecule has 0 aliphatic heterocycles. The Morgan fingerprint density at radius 2 is 2.16 bits per heavy atom. The maximum absolute atomic E-state index is 11.8. The van der Waals surface area contributed by atoms with Crippen molar-refractivity contribution < 1.29 is 4.79 Å². The molecular formula is C15H19N3O. The number of carbonyl (C=O) groups is 1. The standard InChI is InChI=1S/C15H19N3O/c1-11-8-12(10-15(2,3)9-11)17-18-14(19)13-6-4-5-7-16-13/h4-8H,9-10H2,1-3H3,(H,18,19)/b17-12-. The van der Waals surface area contributed by atoms with Crippen LogP contribution in [-0.4, -0.2) is 16.6 Å². The molecule has 19 heavy (non-hydrogen) atoms. The van der Waals surface area contributed by atoms with Crippen molar-refractivity contribution in [2.24, 2.45) is 10.5 Å². The molecule has 4 nitrogen and oxygen atoms in total. The van der Waals surface area contributed by atoms with Gasteiger partial charge in [-0.25, -0.2) is 5.43 Å². The second-order valence-corrected chi connectivity index (χ2v) is 5.77. The van der Waals surface area contributed by atoms with Crippen LogP contribution in [0.4, 0.5) is 0 Å². The van der Waals surface area contributed by atoms with Crippen molar-refractivity contribution in [3.8, 4) is 0 Å². The predicted octanol–water partition coefficient (Wildman–Crippen LogP) is 2.93. The van der Waals surface area contributed by atoms with Crippen LogP contribution in [0.2, 0.25) is 0 Å². The summed E-state index contributed by atoms with van der Waals surface area (Å²) < 4.78 is 0. The van der Waals surface area contributed by atoms with Crippen LogP contribution in [0.25, 0.3) is 0 Å². The third kappa shape index (κ3) is 3.74. The highest BCUT2D eigenvalue weighted by atomic mass is 16.2. The maximum atomic E-state index is 11.8. The first-order chi connectivity index (χ1) is 8.96. The first kappa shape index (κ1) is 13.5. The molecule has 0 spiro atoms. The van der Waals surface area contributed by atoms with Crippen molar-refractivity contribution >= 4 is 11.6 Å². The second kappa shape index (κ2) is 5.34. The molecular weight excluding hydrogens is 238 g/mol. The molecule has 1 N–H and O–H groups in total. The summed E-state index contributed by atoms with van der Waals surface area (Å²) in [6, 6.07) is 5.22. The third-order valence-corrected chi connectivity index (χ3v) is 3.03. The molecule has 0 aromatic carbocycles. The minimum absolute atomic E-state index is 0.202. The van der Waals surface area contributed by atoms with E-state index in [1.165, 1.54) is 5.57 Å². The van der Waals surface area contributed by atoms with Crippen molar-refractivity contribution in [3.05, 3.63) is 41.7 Å². The molecule has 1 aromatic heterocycles. The first-order valence-electron chi connectivity index (χ1n) is 6.41. The first-order valence-corrected chi connectivity index (χ1v) is 6.41. The zero-order valence-electron chi connectivity index (χ0n) is 11.6. The minimum atomic E-state index is -0.275. The molecule has 100 valence electrons. The fourth-order valence-electron chi connectivity index (χ4n) is 2.44. The van der Waals surface area contributed by atoms with E-state index in [9.17, 15) is 4.79 Å². The molecule has 0 fully saturated rings. The zero-order valence-corrected chi connectivity index (χ0v) is 11.6. The Morgan fingerprint density at radius 3 is 2.79 bits per heavy atom. The number of rotatable bonds is 2. The molecule has 0 unspecified atom stereocenters. The molecule has 1 amide bonds. The Morgan fingerprint density at radius 1 is 1.37 bits per heavy atom. The number of pyridine rings is 1. The third-order valence-electron chi connectivity index (χ3n) is 3.03. The van der Waals surface area contributed by atoms with Gasteiger partial charge in [0.2, 0.25) is 0 Å². The molecule has 0 radical (unpaired) electrons. The Kier molecular flexibility index (Phi) is 3.79. The molecule has 1 aliphatic carbocycles. The Bertz CT molecular complexity index is 530. The van der Waals surface area contributed by atoms with E-state index in [2.05, 4.69) is 36.3 Å². The summed E-state index contributed by atoms with van der Waals surface area (Å²) >= 11 is 0. The molecule has 0 saturated heterocycles. The van der Waals surface area contributed by atoms with E-state index in [1.54, 1.807) is 24.4 Å². The number of carbonyl (C=O) groups excluding carboxylic acids is 1. The number of nitrogens with zero attached hydrogens (tertiary/aromatic N) is 2. The van der Waals surface area contributed by atoms with Crippen LogP contribution in [0.1, 0.15) is 44.1 Å². The van der Waals surface area contributed by atoms with Crippen molar-refractivity contribution in [1.82, 2.24) is 10.4 Å². The highest BCUT2D eigenvalue weighted by Crippen LogP contribution is 2.33. The van der Waals surface area contributed by atoms with Gasteiger partial charge in [-0.1, -0.05) is 25.5 Å². The van der Waals surface area contributed by atoms with Crippen LogP contribution in [0.5, 0.6) is 0 Å². The van der Waals surface area contributed by atoms with Gasteiger partial charge in [0.05, 0.1) is 5.71 Å². The molecule has 1 aromatic rings. The smallest absolute Gasteiger partial charge is 0.266 e. The average molecular weight is 257 g/mol. The summed E-state index contributed by atoms with van der Waals surface area (Å²) in [5, 5.41) is 4.21. The van der Waals surface area contributed by atoms with E-state index < -0.39 is 0 Å². The topological polar surface area (TPSA) is 54.4 Å². The number of amides is 1. The van der Waals surface area contributed by atoms with E-state index in [4.69, 9.17) is 0 Å². The van der Waals surface area contributed by atoms with Crippen molar-refractivity contribution in [2.75, 3.05) is 0 Å². The number of aromatic nitrogens is 1. The zero-order chi connectivity index (χ0) is 13.9. The quantitative estimate of drug-likeness (QED) is 0.828. The lowest BCUT2D eigenvalue weighted by Crippen LogP contribution is -2.25. The van der Waals surface area contributed by atoms with E-state index in [1.807, 2.05) is 6.08 Å². The molecule has 4 heteroatoms. The van der Waals surface area contributed by atoms with Crippen molar-refractivity contribution in [2.45, 2.75) is 33.6 Å². The summed E-state index contributed by atoms with van der Waals surface area (Å²) in [6.45, 7) is 6.51. The number of hydrogen-bond donors (Lipinski definition) is 1. The summed E-state index contributed by atoms with van der Waals surface area (Å²) in [6.07, 6.45) is 5.58. The van der Waals surface area contributed by atoms with E-state index in [0.717, 1.165) is 18.6 Å². The lowest BCUT2D eigenvalue weighted by molar-refractivity contribution is 0.0949. The molecule has 2 rings (SSSR count).